The highest BCUT2D eigenvalue weighted by molar-refractivity contribution is 7.89. The van der Waals surface area contributed by atoms with Crippen molar-refractivity contribution in [2.24, 2.45) is 0 Å². The molecular formula is C17H15N3O6S. The van der Waals surface area contributed by atoms with Crippen molar-refractivity contribution >= 4 is 21.8 Å². The maximum atomic E-state index is 12.2. The first-order valence-corrected chi connectivity index (χ1v) is 9.20. The number of benzene rings is 1. The van der Waals surface area contributed by atoms with E-state index in [1.54, 1.807) is 12.1 Å². The highest BCUT2D eigenvalue weighted by Gasteiger charge is 2.16. The Hall–Kier alpha value is -3.37. The third-order valence-electron chi connectivity index (χ3n) is 3.48. The number of hydrogen-bond acceptors (Lipinski definition) is 6. The molecule has 1 aromatic carbocycles. The number of furan rings is 2. The van der Waals surface area contributed by atoms with Crippen LogP contribution in [0.1, 0.15) is 26.7 Å². The summed E-state index contributed by atoms with van der Waals surface area (Å²) in [6.45, 7) is 0.0103. The summed E-state index contributed by atoms with van der Waals surface area (Å²) in [7, 11) is -3.76. The minimum Gasteiger partial charge on any atom is -0.468 e. The number of hydrogen-bond donors (Lipinski definition) is 3. The fourth-order valence-corrected chi connectivity index (χ4v) is 3.10. The summed E-state index contributed by atoms with van der Waals surface area (Å²) in [5.74, 6) is -0.710. The van der Waals surface area contributed by atoms with Gasteiger partial charge in [-0.05, 0) is 48.5 Å². The van der Waals surface area contributed by atoms with Crippen LogP contribution in [0.3, 0.4) is 0 Å². The summed E-state index contributed by atoms with van der Waals surface area (Å²) in [5, 5.41) is 0. The summed E-state index contributed by atoms with van der Waals surface area (Å²) in [5.41, 5.74) is 4.57. The number of sulfonamides is 1. The average Bonchev–Trinajstić information content (AvgIpc) is 3.38. The Morgan fingerprint density at radius 1 is 0.852 bits per heavy atom. The Bertz CT molecular complexity index is 1010. The maximum Gasteiger partial charge on any atom is 0.305 e. The largest absolute Gasteiger partial charge is 0.468 e. The zero-order valence-electron chi connectivity index (χ0n) is 13.8. The Labute approximate surface area is 154 Å². The summed E-state index contributed by atoms with van der Waals surface area (Å²) in [4.78, 5) is 23.7. The summed E-state index contributed by atoms with van der Waals surface area (Å²) in [6, 6.07) is 11.5. The van der Waals surface area contributed by atoms with Crippen molar-refractivity contribution < 1.29 is 26.8 Å². The van der Waals surface area contributed by atoms with Crippen molar-refractivity contribution in [3.8, 4) is 0 Å². The fourth-order valence-electron chi connectivity index (χ4n) is 2.10. The van der Waals surface area contributed by atoms with Gasteiger partial charge in [0, 0.05) is 5.56 Å². The van der Waals surface area contributed by atoms with Gasteiger partial charge in [-0.2, -0.15) is 0 Å². The highest BCUT2D eigenvalue weighted by atomic mass is 32.2. The number of nitrogens with one attached hydrogen (secondary N) is 3. The van der Waals surface area contributed by atoms with E-state index in [1.807, 2.05) is 0 Å². The number of hydrazine groups is 1. The molecule has 2 heterocycles. The van der Waals surface area contributed by atoms with E-state index in [9.17, 15) is 18.0 Å². The van der Waals surface area contributed by atoms with Crippen LogP contribution in [0.4, 0.5) is 0 Å². The molecule has 3 aromatic rings. The number of rotatable bonds is 6. The predicted molar refractivity (Wildman–Crippen MR) is 92.8 cm³/mol. The molecule has 27 heavy (non-hydrogen) atoms. The maximum absolute atomic E-state index is 12.2. The van der Waals surface area contributed by atoms with E-state index in [4.69, 9.17) is 8.83 Å². The van der Waals surface area contributed by atoms with Gasteiger partial charge in [-0.1, -0.05) is 0 Å². The molecule has 9 nitrogen and oxygen atoms in total. The molecule has 0 saturated carbocycles. The topological polar surface area (TPSA) is 131 Å². The van der Waals surface area contributed by atoms with Gasteiger partial charge in [-0.25, -0.2) is 13.1 Å². The van der Waals surface area contributed by atoms with Crippen molar-refractivity contribution in [1.29, 1.82) is 0 Å². The zero-order chi connectivity index (χ0) is 19.3. The van der Waals surface area contributed by atoms with Crippen LogP contribution in [-0.4, -0.2) is 20.2 Å². The van der Waals surface area contributed by atoms with E-state index in [1.165, 1.54) is 48.9 Å². The van der Waals surface area contributed by atoms with Crippen molar-refractivity contribution in [1.82, 2.24) is 15.6 Å². The normalized spacial score (nSPS) is 11.1. The summed E-state index contributed by atoms with van der Waals surface area (Å²) >= 11 is 0. The van der Waals surface area contributed by atoms with E-state index in [0.717, 1.165) is 0 Å². The van der Waals surface area contributed by atoms with Crippen LogP contribution in [0.25, 0.3) is 0 Å². The van der Waals surface area contributed by atoms with Gasteiger partial charge in [0.25, 0.3) is 5.91 Å². The molecule has 0 aliphatic carbocycles. The first-order chi connectivity index (χ1) is 13.0. The Kier molecular flexibility index (Phi) is 5.38. The quantitative estimate of drug-likeness (QED) is 0.547. The van der Waals surface area contributed by atoms with Gasteiger partial charge in [0.2, 0.25) is 10.0 Å². The van der Waals surface area contributed by atoms with Gasteiger partial charge < -0.3 is 8.83 Å². The van der Waals surface area contributed by atoms with Crippen LogP contribution >= 0.6 is 0 Å². The smallest absolute Gasteiger partial charge is 0.305 e. The first kappa shape index (κ1) is 18.4. The standard InChI is InChI=1S/C17H15N3O6S/c21-16(19-20-17(22)15-4-2-10-26-15)12-5-7-14(8-6-12)27(23,24)18-11-13-3-1-9-25-13/h1-10,18H,11H2,(H,19,21)(H,20,22). The SMILES string of the molecule is O=C(NNC(=O)c1ccco1)c1ccc(S(=O)(=O)NCc2ccco2)cc1. The molecule has 140 valence electrons. The molecule has 3 rings (SSSR count). The van der Waals surface area contributed by atoms with Crippen LogP contribution in [0.2, 0.25) is 0 Å². The average molecular weight is 389 g/mol. The summed E-state index contributed by atoms with van der Waals surface area (Å²) < 4.78 is 36.8. The first-order valence-electron chi connectivity index (χ1n) is 7.72. The number of amides is 2. The lowest BCUT2D eigenvalue weighted by Crippen LogP contribution is -2.41. The molecule has 0 aliphatic rings. The number of carbonyl (C=O) groups is 2. The molecule has 0 radical (unpaired) electrons. The molecule has 0 atom stereocenters. The Balaban J connectivity index is 1.58. The van der Waals surface area contributed by atoms with E-state index in [0.29, 0.717) is 5.76 Å². The number of carbonyl (C=O) groups excluding carboxylic acids is 2. The molecule has 0 bridgehead atoms. The summed E-state index contributed by atoms with van der Waals surface area (Å²) in [6.07, 6.45) is 2.78. The van der Waals surface area contributed by atoms with Gasteiger partial charge in [0.05, 0.1) is 24.0 Å². The van der Waals surface area contributed by atoms with Crippen LogP contribution in [0.5, 0.6) is 0 Å². The predicted octanol–water partition coefficient (Wildman–Crippen LogP) is 1.43. The third-order valence-corrected chi connectivity index (χ3v) is 4.90. The van der Waals surface area contributed by atoms with Gasteiger partial charge in [-0.3, -0.25) is 20.4 Å². The molecule has 2 amide bonds. The molecule has 2 aromatic heterocycles. The minimum absolute atomic E-state index is 0.00905. The lowest BCUT2D eigenvalue weighted by atomic mass is 10.2. The molecule has 10 heteroatoms. The van der Waals surface area contributed by atoms with E-state index >= 15 is 0 Å². The van der Waals surface area contributed by atoms with Crippen LogP contribution in [-0.2, 0) is 16.6 Å². The van der Waals surface area contributed by atoms with Gasteiger partial charge in [0.1, 0.15) is 5.76 Å². The fraction of sp³-hybridized carbons (Fsp3) is 0.0588. The molecule has 0 aliphatic heterocycles. The minimum atomic E-state index is -3.76. The van der Waals surface area contributed by atoms with Crippen molar-refractivity contribution in [2.45, 2.75) is 11.4 Å². The second-order valence-corrected chi connectivity index (χ2v) is 7.08. The molecule has 0 fully saturated rings. The third kappa shape index (κ3) is 4.63. The van der Waals surface area contributed by atoms with Gasteiger partial charge >= 0.3 is 5.91 Å². The second kappa shape index (κ2) is 7.89. The van der Waals surface area contributed by atoms with E-state index < -0.39 is 21.8 Å². The van der Waals surface area contributed by atoms with Crippen molar-refractivity contribution in [3.63, 3.8) is 0 Å². The Morgan fingerprint density at radius 2 is 1.52 bits per heavy atom. The zero-order valence-corrected chi connectivity index (χ0v) is 14.7. The molecule has 0 unspecified atom stereocenters. The van der Waals surface area contributed by atoms with E-state index in [2.05, 4.69) is 15.6 Å². The lowest BCUT2D eigenvalue weighted by molar-refractivity contribution is 0.0831. The molecular weight excluding hydrogens is 374 g/mol. The van der Waals surface area contributed by atoms with Crippen molar-refractivity contribution in [2.75, 3.05) is 0 Å². The van der Waals surface area contributed by atoms with Gasteiger partial charge in [-0.15, -0.1) is 0 Å². The lowest BCUT2D eigenvalue weighted by Gasteiger charge is -2.08. The van der Waals surface area contributed by atoms with Crippen LogP contribution in [0.15, 0.2) is 74.8 Å². The second-order valence-electron chi connectivity index (χ2n) is 5.31. The highest BCUT2D eigenvalue weighted by Crippen LogP contribution is 2.11. The van der Waals surface area contributed by atoms with Gasteiger partial charge in [0.15, 0.2) is 5.76 Å². The molecule has 3 N–H and O–H groups in total. The van der Waals surface area contributed by atoms with Crippen molar-refractivity contribution in [3.05, 3.63) is 78.1 Å². The monoisotopic (exact) mass is 389 g/mol. The van der Waals surface area contributed by atoms with Crippen LogP contribution in [0, 0.1) is 0 Å². The van der Waals surface area contributed by atoms with Crippen LogP contribution < -0.4 is 15.6 Å². The molecule has 0 saturated heterocycles. The van der Waals surface area contributed by atoms with E-state index in [-0.39, 0.29) is 22.8 Å². The Morgan fingerprint density at radius 3 is 2.15 bits per heavy atom. The molecule has 0 spiro atoms.